The molecule has 0 aliphatic heterocycles. The first-order valence-corrected chi connectivity index (χ1v) is 7.13. The van der Waals surface area contributed by atoms with Crippen LogP contribution in [0.3, 0.4) is 0 Å². The van der Waals surface area contributed by atoms with E-state index in [1.165, 1.54) is 19.3 Å². The third kappa shape index (κ3) is 13.0. The van der Waals surface area contributed by atoms with Crippen molar-refractivity contribution in [3.63, 3.8) is 0 Å². The highest BCUT2D eigenvalue weighted by Crippen LogP contribution is 2.04. The molecule has 0 spiro atoms. The van der Waals surface area contributed by atoms with Crippen molar-refractivity contribution in [1.29, 1.82) is 0 Å². The molecule has 0 saturated carbocycles. The quantitative estimate of drug-likeness (QED) is 0.541. The molecule has 0 aromatic carbocycles. The average Bonchev–Trinajstić information content (AvgIpc) is 2.33. The highest BCUT2D eigenvalue weighted by Gasteiger charge is 2.00. The first kappa shape index (κ1) is 16.9. The predicted octanol–water partition coefficient (Wildman–Crippen LogP) is 1.77. The fourth-order valence-corrected chi connectivity index (χ4v) is 1.78. The molecule has 0 aromatic heterocycles. The number of unbranched alkanes of at least 4 members (excludes halogenated alkanes) is 6. The molecule has 1 amide bonds. The van der Waals surface area contributed by atoms with E-state index in [1.54, 1.807) is 0 Å². The van der Waals surface area contributed by atoms with Crippen LogP contribution < -0.4 is 10.4 Å². The van der Waals surface area contributed by atoms with Crippen molar-refractivity contribution in [2.75, 3.05) is 6.54 Å². The zero-order chi connectivity index (χ0) is 13.6. The van der Waals surface area contributed by atoms with E-state index in [9.17, 15) is 14.7 Å². The average molecular weight is 256 g/mol. The Kier molecular flexibility index (Phi) is 11.7. The molecule has 0 aromatic rings. The molecular formula is C14H26NO3-. The summed E-state index contributed by atoms with van der Waals surface area (Å²) < 4.78 is 0. The molecule has 0 heterocycles. The second kappa shape index (κ2) is 12.4. The molecule has 0 fully saturated rings. The van der Waals surface area contributed by atoms with Crippen molar-refractivity contribution in [3.8, 4) is 0 Å². The number of carbonyl (C=O) groups excluding carboxylic acids is 2. The molecule has 18 heavy (non-hydrogen) atoms. The lowest BCUT2D eigenvalue weighted by Gasteiger charge is -2.05. The number of aliphatic carboxylic acids is 1. The van der Waals surface area contributed by atoms with Crippen LogP contribution in [0.5, 0.6) is 0 Å². The predicted molar refractivity (Wildman–Crippen MR) is 69.9 cm³/mol. The van der Waals surface area contributed by atoms with Crippen molar-refractivity contribution in [3.05, 3.63) is 0 Å². The largest absolute Gasteiger partial charge is 0.550 e. The summed E-state index contributed by atoms with van der Waals surface area (Å²) in [5, 5.41) is 13.0. The van der Waals surface area contributed by atoms with E-state index in [4.69, 9.17) is 0 Å². The van der Waals surface area contributed by atoms with Gasteiger partial charge in [-0.05, 0) is 25.7 Å². The van der Waals surface area contributed by atoms with Gasteiger partial charge in [-0.1, -0.05) is 39.0 Å². The lowest BCUT2D eigenvalue weighted by atomic mass is 10.1. The molecule has 0 saturated heterocycles. The van der Waals surface area contributed by atoms with Crippen LogP contribution in [-0.2, 0) is 9.59 Å². The van der Waals surface area contributed by atoms with Crippen LogP contribution in [-0.4, -0.2) is 18.4 Å². The molecule has 0 radical (unpaired) electrons. The number of rotatable bonds is 12. The van der Waals surface area contributed by atoms with Crippen LogP contribution in [0.4, 0.5) is 0 Å². The Bertz CT molecular complexity index is 229. The summed E-state index contributed by atoms with van der Waals surface area (Å²) in [5.41, 5.74) is 0. The van der Waals surface area contributed by atoms with Crippen molar-refractivity contribution in [2.24, 2.45) is 0 Å². The summed E-state index contributed by atoms with van der Waals surface area (Å²) in [6.45, 7) is 2.83. The zero-order valence-corrected chi connectivity index (χ0v) is 11.5. The molecular weight excluding hydrogens is 230 g/mol. The van der Waals surface area contributed by atoms with E-state index in [0.717, 1.165) is 25.7 Å². The first-order valence-electron chi connectivity index (χ1n) is 7.13. The summed E-state index contributed by atoms with van der Waals surface area (Å²) in [6, 6.07) is 0. The maximum absolute atomic E-state index is 11.4. The van der Waals surface area contributed by atoms with Crippen LogP contribution >= 0.6 is 0 Å². The fourth-order valence-electron chi connectivity index (χ4n) is 1.78. The SMILES string of the molecule is CCCCCCCC(=O)NCCCCCC(=O)[O-]. The molecule has 0 aliphatic carbocycles. The molecule has 1 N–H and O–H groups in total. The van der Waals surface area contributed by atoms with E-state index in [0.29, 0.717) is 19.4 Å². The monoisotopic (exact) mass is 256 g/mol. The Balaban J connectivity index is 3.19. The second-order valence-electron chi connectivity index (χ2n) is 4.70. The highest BCUT2D eigenvalue weighted by atomic mass is 16.4. The fraction of sp³-hybridized carbons (Fsp3) is 0.857. The molecule has 106 valence electrons. The smallest absolute Gasteiger partial charge is 0.219 e. The van der Waals surface area contributed by atoms with E-state index < -0.39 is 5.97 Å². The number of amides is 1. The maximum atomic E-state index is 11.4. The Morgan fingerprint density at radius 2 is 1.50 bits per heavy atom. The van der Waals surface area contributed by atoms with Crippen LogP contribution in [0.15, 0.2) is 0 Å². The van der Waals surface area contributed by atoms with Gasteiger partial charge in [-0.3, -0.25) is 4.79 Å². The summed E-state index contributed by atoms with van der Waals surface area (Å²) in [7, 11) is 0. The van der Waals surface area contributed by atoms with Gasteiger partial charge in [0.2, 0.25) is 5.91 Å². The van der Waals surface area contributed by atoms with Crippen LogP contribution in [0.25, 0.3) is 0 Å². The van der Waals surface area contributed by atoms with Crippen molar-refractivity contribution >= 4 is 11.9 Å². The molecule has 0 rings (SSSR count). The summed E-state index contributed by atoms with van der Waals surface area (Å²) in [5.74, 6) is -0.877. The minimum absolute atomic E-state index is 0.116. The summed E-state index contributed by atoms with van der Waals surface area (Å²) in [4.78, 5) is 21.6. The topological polar surface area (TPSA) is 69.2 Å². The number of carboxylic acids is 1. The number of nitrogens with one attached hydrogen (secondary N) is 1. The van der Waals surface area contributed by atoms with Gasteiger partial charge in [0.05, 0.1) is 0 Å². The summed E-state index contributed by atoms with van der Waals surface area (Å²) >= 11 is 0. The summed E-state index contributed by atoms with van der Waals surface area (Å²) in [6.07, 6.45) is 8.82. The van der Waals surface area contributed by atoms with Gasteiger partial charge in [0.25, 0.3) is 0 Å². The molecule has 0 aliphatic rings. The Labute approximate surface area is 110 Å². The molecule has 4 nitrogen and oxygen atoms in total. The highest BCUT2D eigenvalue weighted by molar-refractivity contribution is 5.75. The molecule has 4 heteroatoms. The van der Waals surface area contributed by atoms with Gasteiger partial charge in [0, 0.05) is 18.9 Å². The standard InChI is InChI=1S/C14H27NO3/c1-2-3-4-5-7-10-13(16)15-12-9-6-8-11-14(17)18/h2-12H2,1H3,(H,15,16)(H,17,18)/p-1. The van der Waals surface area contributed by atoms with Gasteiger partial charge in [-0.15, -0.1) is 0 Å². The minimum atomic E-state index is -0.994. The second-order valence-corrected chi connectivity index (χ2v) is 4.70. The number of carboxylic acid groups (broad SMARTS) is 1. The van der Waals surface area contributed by atoms with E-state index >= 15 is 0 Å². The maximum Gasteiger partial charge on any atom is 0.219 e. The van der Waals surface area contributed by atoms with Crippen molar-refractivity contribution < 1.29 is 14.7 Å². The van der Waals surface area contributed by atoms with Gasteiger partial charge in [0.15, 0.2) is 0 Å². The van der Waals surface area contributed by atoms with Gasteiger partial charge >= 0.3 is 0 Å². The molecule has 0 atom stereocenters. The van der Waals surface area contributed by atoms with Gasteiger partial charge in [-0.25, -0.2) is 0 Å². The Morgan fingerprint density at radius 3 is 2.17 bits per heavy atom. The van der Waals surface area contributed by atoms with Crippen molar-refractivity contribution in [1.82, 2.24) is 5.32 Å². The number of hydrogen-bond acceptors (Lipinski definition) is 3. The van der Waals surface area contributed by atoms with Gasteiger partial charge in [-0.2, -0.15) is 0 Å². The third-order valence-electron chi connectivity index (χ3n) is 2.89. The van der Waals surface area contributed by atoms with E-state index in [-0.39, 0.29) is 12.3 Å². The van der Waals surface area contributed by atoms with Crippen LogP contribution in [0, 0.1) is 0 Å². The van der Waals surface area contributed by atoms with Crippen LogP contribution in [0.1, 0.15) is 71.1 Å². The lowest BCUT2D eigenvalue weighted by Crippen LogP contribution is -2.24. The minimum Gasteiger partial charge on any atom is -0.550 e. The Hall–Kier alpha value is -1.06. The molecule has 0 unspecified atom stereocenters. The third-order valence-corrected chi connectivity index (χ3v) is 2.89. The molecule has 0 bridgehead atoms. The van der Waals surface area contributed by atoms with Crippen molar-refractivity contribution in [2.45, 2.75) is 71.1 Å². The number of hydrogen-bond donors (Lipinski definition) is 1. The van der Waals surface area contributed by atoms with Gasteiger partial charge < -0.3 is 15.2 Å². The Morgan fingerprint density at radius 1 is 0.889 bits per heavy atom. The lowest BCUT2D eigenvalue weighted by molar-refractivity contribution is -0.305. The first-order chi connectivity index (χ1) is 8.66. The number of carbonyl (C=O) groups is 2. The normalized spacial score (nSPS) is 10.3. The van der Waals surface area contributed by atoms with E-state index in [1.807, 2.05) is 0 Å². The van der Waals surface area contributed by atoms with Gasteiger partial charge in [0.1, 0.15) is 0 Å². The van der Waals surface area contributed by atoms with Crippen LogP contribution in [0.2, 0.25) is 0 Å². The zero-order valence-electron chi connectivity index (χ0n) is 11.5. The van der Waals surface area contributed by atoms with E-state index in [2.05, 4.69) is 12.2 Å².